The third-order valence-electron chi connectivity index (χ3n) is 4.94. The van der Waals surface area contributed by atoms with Gasteiger partial charge in [0.05, 0.1) is 11.4 Å². The zero-order valence-electron chi connectivity index (χ0n) is 14.2. The molecular weight excluding hydrogens is 258 g/mol. The van der Waals surface area contributed by atoms with Crippen LogP contribution in [0.2, 0.25) is 0 Å². The van der Waals surface area contributed by atoms with Gasteiger partial charge in [-0.1, -0.05) is 34.1 Å². The highest BCUT2D eigenvalue weighted by atomic mass is 15.1. The number of piperidine rings is 1. The molecule has 3 heteroatoms. The smallest absolute Gasteiger partial charge is 0.0663 e. The van der Waals surface area contributed by atoms with E-state index in [-0.39, 0.29) is 0 Å². The number of hydrogen-bond acceptors (Lipinski definition) is 3. The molecule has 1 aliphatic rings. The lowest BCUT2D eigenvalue weighted by atomic mass is 9.92. The zero-order chi connectivity index (χ0) is 15.2. The standard InChI is InChI=1S/C18H31N3/c1-5-15(4)8-11-21-12-9-16(10-13-21)18-7-6-17(14(2)3)19-20-18/h6-7,14-16H,5,8-13H2,1-4H3. The summed E-state index contributed by atoms with van der Waals surface area (Å²) in [5.74, 6) is 1.93. The fourth-order valence-corrected chi connectivity index (χ4v) is 2.94. The first-order chi connectivity index (χ1) is 10.1. The molecule has 1 unspecified atom stereocenters. The van der Waals surface area contributed by atoms with Crippen molar-refractivity contribution in [1.82, 2.24) is 15.1 Å². The van der Waals surface area contributed by atoms with Crippen LogP contribution in [-0.4, -0.2) is 34.7 Å². The average molecular weight is 289 g/mol. The van der Waals surface area contributed by atoms with Crippen LogP contribution >= 0.6 is 0 Å². The van der Waals surface area contributed by atoms with E-state index in [1.54, 1.807) is 0 Å². The van der Waals surface area contributed by atoms with E-state index in [2.05, 4.69) is 54.9 Å². The Labute approximate surface area is 130 Å². The molecule has 0 amide bonds. The lowest BCUT2D eigenvalue weighted by molar-refractivity contribution is 0.198. The van der Waals surface area contributed by atoms with Gasteiger partial charge < -0.3 is 4.90 Å². The molecule has 0 radical (unpaired) electrons. The van der Waals surface area contributed by atoms with Crippen molar-refractivity contribution in [2.24, 2.45) is 5.92 Å². The second-order valence-corrected chi connectivity index (χ2v) is 6.96. The van der Waals surface area contributed by atoms with Crippen molar-refractivity contribution in [3.8, 4) is 0 Å². The molecule has 1 aromatic heterocycles. The maximum atomic E-state index is 4.47. The topological polar surface area (TPSA) is 29.0 Å². The molecule has 1 fully saturated rings. The quantitative estimate of drug-likeness (QED) is 0.785. The predicted octanol–water partition coefficient (Wildman–Crippen LogP) is 4.22. The number of aromatic nitrogens is 2. The maximum Gasteiger partial charge on any atom is 0.0663 e. The first-order valence-corrected chi connectivity index (χ1v) is 8.66. The van der Waals surface area contributed by atoms with E-state index in [0.717, 1.165) is 11.6 Å². The van der Waals surface area contributed by atoms with E-state index in [9.17, 15) is 0 Å². The highest BCUT2D eigenvalue weighted by Gasteiger charge is 2.22. The van der Waals surface area contributed by atoms with Crippen molar-refractivity contribution in [3.05, 3.63) is 23.5 Å². The Balaban J connectivity index is 1.80. The second-order valence-electron chi connectivity index (χ2n) is 6.96. The van der Waals surface area contributed by atoms with Gasteiger partial charge in [0.2, 0.25) is 0 Å². The van der Waals surface area contributed by atoms with E-state index < -0.39 is 0 Å². The molecule has 0 aromatic carbocycles. The normalized spacial score (nSPS) is 19.1. The first-order valence-electron chi connectivity index (χ1n) is 8.66. The fourth-order valence-electron chi connectivity index (χ4n) is 2.94. The number of likely N-dealkylation sites (tertiary alicyclic amines) is 1. The van der Waals surface area contributed by atoms with E-state index in [1.165, 1.54) is 51.0 Å². The molecule has 2 heterocycles. The predicted molar refractivity (Wildman–Crippen MR) is 88.6 cm³/mol. The van der Waals surface area contributed by atoms with Crippen LogP contribution in [0.15, 0.2) is 12.1 Å². The molecular formula is C18H31N3. The molecule has 0 bridgehead atoms. The summed E-state index contributed by atoms with van der Waals surface area (Å²) in [6.45, 7) is 12.7. The van der Waals surface area contributed by atoms with Crippen molar-refractivity contribution >= 4 is 0 Å². The van der Waals surface area contributed by atoms with Gasteiger partial charge in [0.15, 0.2) is 0 Å². The minimum Gasteiger partial charge on any atom is -0.303 e. The third kappa shape index (κ3) is 4.77. The molecule has 0 aliphatic carbocycles. The summed E-state index contributed by atoms with van der Waals surface area (Å²) in [4.78, 5) is 2.62. The zero-order valence-corrected chi connectivity index (χ0v) is 14.2. The van der Waals surface area contributed by atoms with Crippen molar-refractivity contribution in [2.45, 2.75) is 65.2 Å². The molecule has 1 saturated heterocycles. The van der Waals surface area contributed by atoms with E-state index in [1.807, 2.05) is 0 Å². The Morgan fingerprint density at radius 2 is 1.86 bits per heavy atom. The minimum atomic E-state index is 0.467. The van der Waals surface area contributed by atoms with E-state index in [4.69, 9.17) is 0 Å². The molecule has 1 aromatic rings. The molecule has 0 saturated carbocycles. The highest BCUT2D eigenvalue weighted by Crippen LogP contribution is 2.27. The van der Waals surface area contributed by atoms with Gasteiger partial charge in [-0.25, -0.2) is 0 Å². The van der Waals surface area contributed by atoms with Gasteiger partial charge in [-0.15, -0.1) is 0 Å². The molecule has 1 aliphatic heterocycles. The van der Waals surface area contributed by atoms with Crippen LogP contribution in [0.3, 0.4) is 0 Å². The number of nitrogens with zero attached hydrogens (tertiary/aromatic N) is 3. The third-order valence-corrected chi connectivity index (χ3v) is 4.94. The Morgan fingerprint density at radius 3 is 2.38 bits per heavy atom. The van der Waals surface area contributed by atoms with Gasteiger partial charge >= 0.3 is 0 Å². The molecule has 2 rings (SSSR count). The van der Waals surface area contributed by atoms with Crippen LogP contribution in [0.25, 0.3) is 0 Å². The summed E-state index contributed by atoms with van der Waals surface area (Å²) in [5.41, 5.74) is 2.30. The largest absolute Gasteiger partial charge is 0.303 e. The second kappa shape index (κ2) is 7.88. The Morgan fingerprint density at radius 1 is 1.14 bits per heavy atom. The number of rotatable bonds is 6. The summed E-state index contributed by atoms with van der Waals surface area (Å²) in [6, 6.07) is 4.35. The average Bonchev–Trinajstić information content (AvgIpc) is 2.53. The summed E-state index contributed by atoms with van der Waals surface area (Å²) in [7, 11) is 0. The van der Waals surface area contributed by atoms with Crippen LogP contribution in [0.5, 0.6) is 0 Å². The van der Waals surface area contributed by atoms with Crippen LogP contribution in [0.1, 0.15) is 76.6 Å². The Bertz CT molecular complexity index is 405. The van der Waals surface area contributed by atoms with E-state index >= 15 is 0 Å². The number of hydrogen-bond donors (Lipinski definition) is 0. The monoisotopic (exact) mass is 289 g/mol. The van der Waals surface area contributed by atoms with Gasteiger partial charge in [-0.2, -0.15) is 10.2 Å². The van der Waals surface area contributed by atoms with Gasteiger partial charge in [-0.3, -0.25) is 0 Å². The fraction of sp³-hybridized carbons (Fsp3) is 0.778. The van der Waals surface area contributed by atoms with Crippen LogP contribution in [0.4, 0.5) is 0 Å². The maximum absolute atomic E-state index is 4.47. The molecule has 0 N–H and O–H groups in total. The van der Waals surface area contributed by atoms with Crippen LogP contribution in [0, 0.1) is 5.92 Å². The SMILES string of the molecule is CCC(C)CCN1CCC(c2ccc(C(C)C)nn2)CC1. The summed E-state index contributed by atoms with van der Waals surface area (Å²) >= 11 is 0. The molecule has 118 valence electrons. The van der Waals surface area contributed by atoms with Gasteiger partial charge in [0.25, 0.3) is 0 Å². The van der Waals surface area contributed by atoms with Crippen molar-refractivity contribution in [3.63, 3.8) is 0 Å². The molecule has 21 heavy (non-hydrogen) atoms. The Hall–Kier alpha value is -0.960. The summed E-state index contributed by atoms with van der Waals surface area (Å²) < 4.78 is 0. The Kier molecular flexibility index (Phi) is 6.16. The highest BCUT2D eigenvalue weighted by molar-refractivity contribution is 5.13. The minimum absolute atomic E-state index is 0.467. The van der Waals surface area contributed by atoms with Crippen LogP contribution in [-0.2, 0) is 0 Å². The summed E-state index contributed by atoms with van der Waals surface area (Å²) in [5, 5.41) is 8.85. The van der Waals surface area contributed by atoms with Gasteiger partial charge in [0.1, 0.15) is 0 Å². The van der Waals surface area contributed by atoms with E-state index in [0.29, 0.717) is 11.8 Å². The van der Waals surface area contributed by atoms with Crippen molar-refractivity contribution in [1.29, 1.82) is 0 Å². The van der Waals surface area contributed by atoms with Gasteiger partial charge in [-0.05, 0) is 62.9 Å². The first kappa shape index (κ1) is 16.4. The van der Waals surface area contributed by atoms with Crippen LogP contribution < -0.4 is 0 Å². The lowest BCUT2D eigenvalue weighted by Gasteiger charge is -2.32. The molecule has 1 atom stereocenters. The molecule has 3 nitrogen and oxygen atoms in total. The lowest BCUT2D eigenvalue weighted by Crippen LogP contribution is -2.34. The van der Waals surface area contributed by atoms with Gasteiger partial charge in [0, 0.05) is 5.92 Å². The molecule has 0 spiro atoms. The summed E-state index contributed by atoms with van der Waals surface area (Å²) in [6.07, 6.45) is 5.10. The van der Waals surface area contributed by atoms with Crippen molar-refractivity contribution < 1.29 is 0 Å². The van der Waals surface area contributed by atoms with Crippen molar-refractivity contribution in [2.75, 3.05) is 19.6 Å².